The van der Waals surface area contributed by atoms with Crippen LogP contribution in [-0.2, 0) is 4.74 Å². The highest BCUT2D eigenvalue weighted by Crippen LogP contribution is 2.09. The lowest BCUT2D eigenvalue weighted by Crippen LogP contribution is -2.50. The number of piperazine rings is 1. The number of hydrogen-bond donors (Lipinski definition) is 0. The first-order valence-corrected chi connectivity index (χ1v) is 6.25. The summed E-state index contributed by atoms with van der Waals surface area (Å²) in [6.45, 7) is 5.71. The van der Waals surface area contributed by atoms with Gasteiger partial charge in [-0.3, -0.25) is 4.79 Å². The zero-order chi connectivity index (χ0) is 13.8. The number of carbonyl (C=O) groups is 2. The zero-order valence-corrected chi connectivity index (χ0v) is 11.1. The van der Waals surface area contributed by atoms with Gasteiger partial charge in [0.25, 0.3) is 5.91 Å². The summed E-state index contributed by atoms with van der Waals surface area (Å²) < 4.78 is 9.95. The Morgan fingerprint density at radius 3 is 2.47 bits per heavy atom. The number of oxazole rings is 1. The molecule has 1 aromatic rings. The van der Waals surface area contributed by atoms with E-state index in [4.69, 9.17) is 9.15 Å². The molecule has 1 aliphatic rings. The standard InChI is InChI=1S/C12H17N3O4/c1-3-18-12(17)15-6-4-14(5-7-15)11(16)10-8-19-9(2)13-10/h8H,3-7H2,1-2H3. The van der Waals surface area contributed by atoms with Gasteiger partial charge in [-0.1, -0.05) is 0 Å². The zero-order valence-electron chi connectivity index (χ0n) is 11.1. The maximum atomic E-state index is 12.1. The van der Waals surface area contributed by atoms with Gasteiger partial charge in [-0.05, 0) is 6.92 Å². The van der Waals surface area contributed by atoms with Crippen molar-refractivity contribution in [3.63, 3.8) is 0 Å². The predicted molar refractivity (Wildman–Crippen MR) is 65.7 cm³/mol. The summed E-state index contributed by atoms with van der Waals surface area (Å²) in [7, 11) is 0. The Morgan fingerprint density at radius 2 is 1.95 bits per heavy atom. The van der Waals surface area contributed by atoms with Crippen LogP contribution in [-0.4, -0.2) is 59.6 Å². The van der Waals surface area contributed by atoms with E-state index in [1.54, 1.807) is 23.6 Å². The average molecular weight is 267 g/mol. The molecule has 0 saturated carbocycles. The first kappa shape index (κ1) is 13.4. The molecular weight excluding hydrogens is 250 g/mol. The van der Waals surface area contributed by atoms with Crippen molar-refractivity contribution >= 4 is 12.0 Å². The van der Waals surface area contributed by atoms with Gasteiger partial charge in [-0.25, -0.2) is 9.78 Å². The van der Waals surface area contributed by atoms with Gasteiger partial charge in [-0.15, -0.1) is 0 Å². The summed E-state index contributed by atoms with van der Waals surface area (Å²) in [5.74, 6) is 0.300. The van der Waals surface area contributed by atoms with E-state index in [1.807, 2.05) is 0 Å². The van der Waals surface area contributed by atoms with Crippen molar-refractivity contribution in [1.82, 2.24) is 14.8 Å². The fourth-order valence-corrected chi connectivity index (χ4v) is 1.93. The predicted octanol–water partition coefficient (Wildman–Crippen LogP) is 0.897. The molecule has 0 aromatic carbocycles. The molecule has 1 aromatic heterocycles. The molecule has 0 aliphatic carbocycles. The number of carbonyl (C=O) groups excluding carboxylic acids is 2. The Morgan fingerprint density at radius 1 is 1.32 bits per heavy atom. The number of aryl methyl sites for hydroxylation is 1. The SMILES string of the molecule is CCOC(=O)N1CCN(C(=O)c2coc(C)n2)CC1. The summed E-state index contributed by atoms with van der Waals surface area (Å²) in [6.07, 6.45) is 1.03. The molecule has 0 radical (unpaired) electrons. The quantitative estimate of drug-likeness (QED) is 0.795. The minimum Gasteiger partial charge on any atom is -0.450 e. The van der Waals surface area contributed by atoms with Gasteiger partial charge >= 0.3 is 6.09 Å². The summed E-state index contributed by atoms with van der Waals surface area (Å²) in [4.78, 5) is 30.9. The van der Waals surface area contributed by atoms with Gasteiger partial charge in [0.15, 0.2) is 11.6 Å². The summed E-state index contributed by atoms with van der Waals surface area (Å²) in [6, 6.07) is 0. The summed E-state index contributed by atoms with van der Waals surface area (Å²) in [5.41, 5.74) is 0.307. The maximum absolute atomic E-state index is 12.1. The van der Waals surface area contributed by atoms with Crippen LogP contribution in [0.25, 0.3) is 0 Å². The Labute approximate surface area is 111 Å². The maximum Gasteiger partial charge on any atom is 0.409 e. The molecule has 0 bridgehead atoms. The first-order valence-electron chi connectivity index (χ1n) is 6.25. The van der Waals surface area contributed by atoms with E-state index in [9.17, 15) is 9.59 Å². The topological polar surface area (TPSA) is 75.9 Å². The van der Waals surface area contributed by atoms with Crippen LogP contribution in [0.15, 0.2) is 10.7 Å². The minimum atomic E-state index is -0.327. The molecule has 19 heavy (non-hydrogen) atoms. The van der Waals surface area contributed by atoms with E-state index in [-0.39, 0.29) is 12.0 Å². The molecule has 0 N–H and O–H groups in total. The molecule has 2 rings (SSSR count). The second-order valence-corrected chi connectivity index (χ2v) is 4.23. The van der Waals surface area contributed by atoms with Crippen LogP contribution in [0.4, 0.5) is 4.79 Å². The van der Waals surface area contributed by atoms with Crippen molar-refractivity contribution in [3.05, 3.63) is 17.8 Å². The van der Waals surface area contributed by atoms with Crippen molar-refractivity contribution in [2.75, 3.05) is 32.8 Å². The highest BCUT2D eigenvalue weighted by atomic mass is 16.6. The molecule has 7 heteroatoms. The molecule has 0 unspecified atom stereocenters. The molecule has 7 nitrogen and oxygen atoms in total. The number of aromatic nitrogens is 1. The molecule has 0 spiro atoms. The van der Waals surface area contributed by atoms with Gasteiger partial charge in [0, 0.05) is 33.1 Å². The fraction of sp³-hybridized carbons (Fsp3) is 0.583. The summed E-state index contributed by atoms with van der Waals surface area (Å²) in [5, 5.41) is 0. The molecule has 2 heterocycles. The minimum absolute atomic E-state index is 0.166. The Bertz CT molecular complexity index is 463. The van der Waals surface area contributed by atoms with Crippen molar-refractivity contribution in [2.45, 2.75) is 13.8 Å². The molecule has 0 atom stereocenters. The van der Waals surface area contributed by atoms with E-state index in [0.717, 1.165) is 0 Å². The molecular formula is C12H17N3O4. The van der Waals surface area contributed by atoms with Crippen molar-refractivity contribution in [2.24, 2.45) is 0 Å². The van der Waals surface area contributed by atoms with Gasteiger partial charge in [0.2, 0.25) is 0 Å². The lowest BCUT2D eigenvalue weighted by atomic mass is 10.3. The van der Waals surface area contributed by atoms with Crippen molar-refractivity contribution in [1.29, 1.82) is 0 Å². The van der Waals surface area contributed by atoms with E-state index in [2.05, 4.69) is 4.98 Å². The molecule has 1 fully saturated rings. The molecule has 1 aliphatic heterocycles. The third-order valence-electron chi connectivity index (χ3n) is 2.93. The largest absolute Gasteiger partial charge is 0.450 e. The van der Waals surface area contributed by atoms with Crippen LogP contribution in [0.2, 0.25) is 0 Å². The smallest absolute Gasteiger partial charge is 0.409 e. The van der Waals surface area contributed by atoms with Crippen LogP contribution < -0.4 is 0 Å². The van der Waals surface area contributed by atoms with Gasteiger partial charge in [0.05, 0.1) is 6.61 Å². The normalized spacial score (nSPS) is 15.5. The van der Waals surface area contributed by atoms with Crippen LogP contribution in [0.1, 0.15) is 23.3 Å². The van der Waals surface area contributed by atoms with Crippen LogP contribution >= 0.6 is 0 Å². The van der Waals surface area contributed by atoms with Crippen LogP contribution in [0.3, 0.4) is 0 Å². The van der Waals surface area contributed by atoms with Gasteiger partial charge in [0.1, 0.15) is 6.26 Å². The second kappa shape index (κ2) is 5.73. The van der Waals surface area contributed by atoms with Crippen LogP contribution in [0, 0.1) is 6.92 Å². The Balaban J connectivity index is 1.89. The van der Waals surface area contributed by atoms with E-state index in [1.165, 1.54) is 6.26 Å². The van der Waals surface area contributed by atoms with E-state index in [0.29, 0.717) is 44.4 Å². The lowest BCUT2D eigenvalue weighted by molar-refractivity contribution is 0.0566. The number of amides is 2. The fourth-order valence-electron chi connectivity index (χ4n) is 1.93. The Hall–Kier alpha value is -2.05. The van der Waals surface area contributed by atoms with Gasteiger partial charge < -0.3 is 19.0 Å². The number of ether oxygens (including phenoxy) is 1. The lowest BCUT2D eigenvalue weighted by Gasteiger charge is -2.33. The van der Waals surface area contributed by atoms with Crippen LogP contribution in [0.5, 0.6) is 0 Å². The van der Waals surface area contributed by atoms with Gasteiger partial charge in [-0.2, -0.15) is 0 Å². The highest BCUT2D eigenvalue weighted by Gasteiger charge is 2.26. The van der Waals surface area contributed by atoms with E-state index < -0.39 is 0 Å². The van der Waals surface area contributed by atoms with Crippen molar-refractivity contribution in [3.8, 4) is 0 Å². The van der Waals surface area contributed by atoms with E-state index >= 15 is 0 Å². The molecule has 1 saturated heterocycles. The highest BCUT2D eigenvalue weighted by molar-refractivity contribution is 5.92. The number of rotatable bonds is 2. The number of nitrogens with zero attached hydrogens (tertiary/aromatic N) is 3. The molecule has 104 valence electrons. The monoisotopic (exact) mass is 267 g/mol. The third-order valence-corrected chi connectivity index (χ3v) is 2.93. The molecule has 2 amide bonds. The average Bonchev–Trinajstić information content (AvgIpc) is 2.85. The summed E-state index contributed by atoms with van der Waals surface area (Å²) >= 11 is 0. The first-order chi connectivity index (χ1) is 9.11. The third kappa shape index (κ3) is 3.04. The second-order valence-electron chi connectivity index (χ2n) is 4.23. The Kier molecular flexibility index (Phi) is 4.03. The van der Waals surface area contributed by atoms with Crippen molar-refractivity contribution < 1.29 is 18.7 Å². The number of hydrogen-bond acceptors (Lipinski definition) is 5.